The number of aliphatic hydroxyl groups is 1. The predicted molar refractivity (Wildman–Crippen MR) is 255 cm³/mol. The van der Waals surface area contributed by atoms with Gasteiger partial charge in [-0.15, -0.1) is 16.6 Å². The number of carbonyl (C=O) groups is 3. The second-order valence-corrected chi connectivity index (χ2v) is 19.9. The van der Waals surface area contributed by atoms with Crippen molar-refractivity contribution in [3.63, 3.8) is 0 Å². The summed E-state index contributed by atoms with van der Waals surface area (Å²) >= 11 is 0. The van der Waals surface area contributed by atoms with Gasteiger partial charge in [-0.25, -0.2) is 23.5 Å². The normalized spacial score (nSPS) is 21.0. The van der Waals surface area contributed by atoms with Gasteiger partial charge in [0.15, 0.2) is 5.65 Å². The number of amides is 4. The maximum atomic E-state index is 14.6. The number of urea groups is 1. The number of fused-ring (bicyclic) bond motifs is 3. The first-order chi connectivity index (χ1) is 33.1. The molecule has 4 aliphatic heterocycles. The van der Waals surface area contributed by atoms with Crippen LogP contribution in [-0.2, 0) is 22.6 Å². The van der Waals surface area contributed by atoms with Gasteiger partial charge >= 0.3 is 6.03 Å². The fourth-order valence-electron chi connectivity index (χ4n) is 10.6. The van der Waals surface area contributed by atoms with Gasteiger partial charge in [-0.05, 0) is 92.9 Å². The fourth-order valence-corrected chi connectivity index (χ4v) is 10.6. The summed E-state index contributed by atoms with van der Waals surface area (Å²) in [5.41, 5.74) is 4.24. The van der Waals surface area contributed by atoms with Crippen molar-refractivity contribution in [2.24, 2.45) is 5.41 Å². The van der Waals surface area contributed by atoms with Gasteiger partial charge in [0.05, 0.1) is 23.4 Å². The lowest BCUT2D eigenvalue weighted by Gasteiger charge is -2.42. The lowest BCUT2D eigenvalue weighted by Crippen LogP contribution is -2.60. The largest absolute Gasteiger partial charge is 0.507 e. The number of phenols is 1. The number of aromatic nitrogens is 5. The minimum atomic E-state index is -1.08. The van der Waals surface area contributed by atoms with Crippen molar-refractivity contribution < 1.29 is 33.4 Å². The number of halogens is 2. The van der Waals surface area contributed by atoms with Crippen LogP contribution >= 0.6 is 0 Å². The van der Waals surface area contributed by atoms with Crippen LogP contribution in [0.3, 0.4) is 0 Å². The zero-order valence-corrected chi connectivity index (χ0v) is 39.4. The summed E-state index contributed by atoms with van der Waals surface area (Å²) in [4.78, 5) is 62.4. The number of β-amino-alcohol motifs (C(OH)–C–C–N with tert-alkyl or cyclic N) is 1. The standard InChI is InChI=1S/C51H59F2N11O5/c1-6-30-21-39(53)32(22-38(30)52)25-54-47(67)42-23-35(65)28-64(42)48(68)45(51(3,4)5)58-50(69)62-18-13-34(14-19-62)61-16-11-31(12-17-61)33-26-55-49(56-27-33)63-20-15-40-44(29(63)2)37-24-41(59-60-46(37)57-40)36-9-7-8-10-43(36)66/h1,7-10,21-22,24,26-27,29,31,34-35,42,45,65-66H,11-20,23,25,28H2,2-5H3,(H,54,67)(H,57,60)(H,58,69)/t29-,35-,42+,45-/m1/s1. The SMILES string of the molecule is C#Cc1cc(F)c(CNC(=O)[C@@H]2C[C@@H](O)CN2C(=O)[C@@H](NC(=O)N2CCC(N3CCC(c4cnc(N5CCc6[nH]c7nnc(-c8ccccc8O)cc7c6[C@H]5C)nc4)CC3)CC2)C(C)(C)C)cc1F. The number of aliphatic hydroxyl groups excluding tert-OH is 1. The second kappa shape index (κ2) is 19.4. The molecule has 0 spiro atoms. The molecule has 0 saturated carbocycles. The van der Waals surface area contributed by atoms with Crippen LogP contribution in [0.25, 0.3) is 22.3 Å². The fraction of sp³-hybridized carbons (Fsp3) is 0.471. The van der Waals surface area contributed by atoms with Crippen LogP contribution < -0.4 is 15.5 Å². The van der Waals surface area contributed by atoms with Crippen molar-refractivity contribution in [1.82, 2.24) is 50.5 Å². The Balaban J connectivity index is 0.762. The maximum Gasteiger partial charge on any atom is 0.318 e. The number of rotatable bonds is 9. The van der Waals surface area contributed by atoms with E-state index in [-0.39, 0.29) is 48.5 Å². The summed E-state index contributed by atoms with van der Waals surface area (Å²) in [7, 11) is 0. The van der Waals surface area contributed by atoms with E-state index in [9.17, 15) is 33.4 Å². The molecule has 362 valence electrons. The molecule has 0 bridgehead atoms. The van der Waals surface area contributed by atoms with Crippen LogP contribution in [0.4, 0.5) is 19.5 Å². The Morgan fingerprint density at radius 3 is 2.39 bits per heavy atom. The summed E-state index contributed by atoms with van der Waals surface area (Å²) in [6.45, 7) is 10.8. The minimum Gasteiger partial charge on any atom is -0.507 e. The number of anilines is 1. The van der Waals surface area contributed by atoms with Crippen LogP contribution in [0, 0.1) is 29.4 Å². The summed E-state index contributed by atoms with van der Waals surface area (Å²) in [5, 5.41) is 36.4. The molecule has 4 aliphatic rings. The van der Waals surface area contributed by atoms with Crippen LogP contribution in [0.15, 0.2) is 54.9 Å². The van der Waals surface area contributed by atoms with Crippen molar-refractivity contribution in [3.8, 4) is 29.4 Å². The minimum absolute atomic E-state index is 0.0168. The van der Waals surface area contributed by atoms with E-state index in [2.05, 4.69) is 48.5 Å². The Kier molecular flexibility index (Phi) is 13.3. The smallest absolute Gasteiger partial charge is 0.318 e. The lowest BCUT2D eigenvalue weighted by atomic mass is 9.85. The van der Waals surface area contributed by atoms with E-state index in [0.29, 0.717) is 42.3 Å². The Labute approximate surface area is 399 Å². The Bertz CT molecular complexity index is 2780. The van der Waals surface area contributed by atoms with Gasteiger partial charge in [-0.3, -0.25) is 9.59 Å². The molecule has 3 fully saturated rings. The van der Waals surface area contributed by atoms with E-state index in [4.69, 9.17) is 16.4 Å². The van der Waals surface area contributed by atoms with Crippen molar-refractivity contribution in [2.75, 3.05) is 44.2 Å². The number of piperidine rings is 2. The van der Waals surface area contributed by atoms with Gasteiger partial charge in [0.2, 0.25) is 17.8 Å². The van der Waals surface area contributed by atoms with Crippen LogP contribution in [0.1, 0.15) is 99.7 Å². The highest BCUT2D eigenvalue weighted by Gasteiger charge is 2.45. The predicted octanol–water partition coefficient (Wildman–Crippen LogP) is 5.55. The van der Waals surface area contributed by atoms with E-state index < -0.39 is 47.1 Å². The van der Waals surface area contributed by atoms with E-state index in [0.717, 1.165) is 91.7 Å². The average Bonchev–Trinajstić information content (AvgIpc) is 3.93. The van der Waals surface area contributed by atoms with E-state index >= 15 is 0 Å². The van der Waals surface area contributed by atoms with Crippen LogP contribution in [0.5, 0.6) is 5.75 Å². The Morgan fingerprint density at radius 1 is 0.971 bits per heavy atom. The van der Waals surface area contributed by atoms with Gasteiger partial charge in [0.1, 0.15) is 29.5 Å². The average molecular weight is 944 g/mol. The third kappa shape index (κ3) is 9.67. The number of carbonyl (C=O) groups excluding carboxylic acids is 3. The molecule has 5 aromatic rings. The number of H-pyrrole nitrogens is 1. The third-order valence-corrected chi connectivity index (χ3v) is 14.5. The number of likely N-dealkylation sites (tertiary alicyclic amines) is 3. The summed E-state index contributed by atoms with van der Waals surface area (Å²) < 4.78 is 28.9. The highest BCUT2D eigenvalue weighted by Crippen LogP contribution is 2.39. The van der Waals surface area contributed by atoms with Crippen molar-refractivity contribution >= 4 is 34.8 Å². The monoisotopic (exact) mass is 943 g/mol. The molecule has 3 aromatic heterocycles. The molecule has 5 N–H and O–H groups in total. The zero-order chi connectivity index (χ0) is 48.7. The summed E-state index contributed by atoms with van der Waals surface area (Å²) in [6, 6.07) is 8.76. The van der Waals surface area contributed by atoms with Crippen LogP contribution in [0.2, 0.25) is 0 Å². The molecule has 18 heteroatoms. The van der Waals surface area contributed by atoms with Crippen molar-refractivity contribution in [1.29, 1.82) is 0 Å². The number of para-hydroxylation sites is 1. The molecule has 4 atom stereocenters. The van der Waals surface area contributed by atoms with Crippen molar-refractivity contribution in [3.05, 3.63) is 94.4 Å². The number of hydrogen-bond donors (Lipinski definition) is 5. The number of hydrogen-bond acceptors (Lipinski definition) is 11. The first-order valence-electron chi connectivity index (χ1n) is 23.8. The molecule has 0 aliphatic carbocycles. The van der Waals surface area contributed by atoms with Gasteiger partial charge in [0, 0.05) is 91.8 Å². The van der Waals surface area contributed by atoms with Gasteiger partial charge in [0.25, 0.3) is 0 Å². The first kappa shape index (κ1) is 47.4. The molecule has 0 unspecified atom stereocenters. The van der Waals surface area contributed by atoms with Crippen LogP contribution in [-0.4, -0.2) is 131 Å². The first-order valence-corrected chi connectivity index (χ1v) is 23.8. The maximum absolute atomic E-state index is 14.6. The summed E-state index contributed by atoms with van der Waals surface area (Å²) in [6.07, 6.45) is 12.4. The number of nitrogens with zero attached hydrogens (tertiary/aromatic N) is 8. The molecule has 16 nitrogen and oxygen atoms in total. The molecule has 0 radical (unpaired) electrons. The van der Waals surface area contributed by atoms with Gasteiger partial charge in [-0.2, -0.15) is 0 Å². The van der Waals surface area contributed by atoms with E-state index in [1.165, 1.54) is 4.90 Å². The molecular weight excluding hydrogens is 885 g/mol. The Hall–Kier alpha value is -6.71. The van der Waals surface area contributed by atoms with Gasteiger partial charge in [-0.1, -0.05) is 38.8 Å². The molecule has 4 amide bonds. The third-order valence-electron chi connectivity index (χ3n) is 14.5. The number of aromatic amines is 1. The number of terminal acetylenes is 1. The van der Waals surface area contributed by atoms with Crippen molar-refractivity contribution in [2.45, 2.75) is 109 Å². The number of benzene rings is 2. The highest BCUT2D eigenvalue weighted by atomic mass is 19.1. The van der Waals surface area contributed by atoms with E-state index in [1.807, 2.05) is 51.4 Å². The molecular formula is C51H59F2N11O5. The summed E-state index contributed by atoms with van der Waals surface area (Å²) in [5.74, 6) is 0.519. The molecule has 3 saturated heterocycles. The second-order valence-electron chi connectivity index (χ2n) is 19.9. The molecule has 69 heavy (non-hydrogen) atoms. The molecule has 9 rings (SSSR count). The number of nitrogens with one attached hydrogen (secondary N) is 3. The topological polar surface area (TPSA) is 196 Å². The number of phenolic OH excluding ortho intramolecular Hbond substituents is 1. The number of aromatic hydroxyl groups is 1. The molecule has 7 heterocycles. The quantitative estimate of drug-likeness (QED) is 0.116. The Morgan fingerprint density at radius 2 is 1.70 bits per heavy atom. The van der Waals surface area contributed by atoms with E-state index in [1.54, 1.807) is 17.0 Å². The molecule has 2 aromatic carbocycles. The van der Waals surface area contributed by atoms with Gasteiger partial charge < -0.3 is 45.4 Å². The highest BCUT2D eigenvalue weighted by molar-refractivity contribution is 5.93. The lowest BCUT2D eigenvalue weighted by molar-refractivity contribution is -0.142. The zero-order valence-electron chi connectivity index (χ0n) is 39.4.